The van der Waals surface area contributed by atoms with E-state index >= 15 is 0 Å². The van der Waals surface area contributed by atoms with Crippen LogP contribution in [0, 0.1) is 0 Å². The molecule has 1 heterocycles. The largest absolute Gasteiger partial charge is 0.490 e. The van der Waals surface area contributed by atoms with Crippen LogP contribution in [0.15, 0.2) is 41.3 Å². The first-order valence-electron chi connectivity index (χ1n) is 6.24. The Balaban J connectivity index is 1.76. The Morgan fingerprint density at radius 3 is 2.65 bits per heavy atom. The van der Waals surface area contributed by atoms with Crippen molar-refractivity contribution in [3.05, 3.63) is 52.0 Å². The molecule has 1 aliphatic rings. The minimum absolute atomic E-state index is 0.362. The molecular weight excluding hydrogens is 313 g/mol. The Hall–Kier alpha value is -1.03. The van der Waals surface area contributed by atoms with E-state index < -0.39 is 0 Å². The number of nitrogen functional groups attached to an aromatic ring is 1. The average Bonchev–Trinajstić information content (AvgIpc) is 2.81. The van der Waals surface area contributed by atoms with Gasteiger partial charge in [0.05, 0.1) is 16.7 Å². The van der Waals surface area contributed by atoms with E-state index in [0.717, 1.165) is 5.75 Å². The van der Waals surface area contributed by atoms with E-state index in [0.29, 0.717) is 34.0 Å². The van der Waals surface area contributed by atoms with Crippen LogP contribution in [0.2, 0.25) is 10.0 Å². The van der Waals surface area contributed by atoms with Crippen LogP contribution in [0.1, 0.15) is 11.5 Å². The summed E-state index contributed by atoms with van der Waals surface area (Å²) in [5.41, 5.74) is 7.55. The van der Waals surface area contributed by atoms with Crippen molar-refractivity contribution < 1.29 is 4.74 Å². The fourth-order valence-corrected chi connectivity index (χ4v) is 4.11. The molecule has 3 rings (SSSR count). The smallest absolute Gasteiger partial charge is 0.156 e. The maximum Gasteiger partial charge on any atom is 0.156 e. The minimum atomic E-state index is 0.362. The standard InChI is InChI=1S/C15H13Cl2NOS/c16-12-5-10(18)6-13(17)15(12)19-7-9-8-20-14-4-2-1-3-11(9)14/h1-6,9H,7-8,18H2. The number of fused-ring (bicyclic) bond motifs is 1. The zero-order valence-corrected chi connectivity index (χ0v) is 12.9. The van der Waals surface area contributed by atoms with Crippen molar-refractivity contribution in [3.63, 3.8) is 0 Å². The highest BCUT2D eigenvalue weighted by atomic mass is 35.5. The van der Waals surface area contributed by atoms with Crippen molar-refractivity contribution in [2.45, 2.75) is 10.8 Å². The highest BCUT2D eigenvalue weighted by Crippen LogP contribution is 2.41. The number of hydrogen-bond acceptors (Lipinski definition) is 3. The van der Waals surface area contributed by atoms with Crippen LogP contribution in [0.3, 0.4) is 0 Å². The van der Waals surface area contributed by atoms with Gasteiger partial charge in [-0.3, -0.25) is 0 Å². The SMILES string of the molecule is Nc1cc(Cl)c(OCC2CSc3ccccc32)c(Cl)c1. The van der Waals surface area contributed by atoms with Gasteiger partial charge in [0.15, 0.2) is 5.75 Å². The first kappa shape index (κ1) is 13.9. The molecule has 0 aromatic heterocycles. The third-order valence-electron chi connectivity index (χ3n) is 3.25. The van der Waals surface area contributed by atoms with E-state index in [-0.39, 0.29) is 0 Å². The molecule has 2 aromatic carbocycles. The van der Waals surface area contributed by atoms with Gasteiger partial charge in [-0.25, -0.2) is 0 Å². The number of thioether (sulfide) groups is 1. The molecule has 0 aliphatic carbocycles. The van der Waals surface area contributed by atoms with Gasteiger partial charge < -0.3 is 10.5 Å². The summed E-state index contributed by atoms with van der Waals surface area (Å²) in [6, 6.07) is 11.7. The number of ether oxygens (including phenoxy) is 1. The molecule has 5 heteroatoms. The van der Waals surface area contributed by atoms with Gasteiger partial charge in [0.2, 0.25) is 0 Å². The Labute approximate surface area is 132 Å². The molecule has 0 saturated carbocycles. The third-order valence-corrected chi connectivity index (χ3v) is 5.06. The molecule has 0 radical (unpaired) electrons. The van der Waals surface area contributed by atoms with Crippen LogP contribution in [0.4, 0.5) is 5.69 Å². The van der Waals surface area contributed by atoms with Crippen LogP contribution in [0.5, 0.6) is 5.75 Å². The summed E-state index contributed by atoms with van der Waals surface area (Å²) in [6.07, 6.45) is 0. The number of hydrogen-bond donors (Lipinski definition) is 1. The maximum absolute atomic E-state index is 6.13. The monoisotopic (exact) mass is 325 g/mol. The first-order valence-corrected chi connectivity index (χ1v) is 7.98. The Morgan fingerprint density at radius 2 is 1.90 bits per heavy atom. The summed E-state index contributed by atoms with van der Waals surface area (Å²) in [7, 11) is 0. The van der Waals surface area contributed by atoms with Crippen LogP contribution in [-0.2, 0) is 0 Å². The van der Waals surface area contributed by atoms with Crippen molar-refractivity contribution in [2.24, 2.45) is 0 Å². The lowest BCUT2D eigenvalue weighted by atomic mass is 10.0. The molecule has 1 atom stereocenters. The molecule has 1 unspecified atom stereocenters. The summed E-state index contributed by atoms with van der Waals surface area (Å²) < 4.78 is 5.83. The second-order valence-corrected chi connectivity index (χ2v) is 6.55. The van der Waals surface area contributed by atoms with Crippen molar-refractivity contribution in [1.82, 2.24) is 0 Å². The molecule has 0 spiro atoms. The molecule has 2 aromatic rings. The van der Waals surface area contributed by atoms with Crippen LogP contribution < -0.4 is 10.5 Å². The van der Waals surface area contributed by atoms with E-state index in [1.165, 1.54) is 10.5 Å². The number of halogens is 2. The number of benzene rings is 2. The molecule has 0 fully saturated rings. The van der Waals surface area contributed by atoms with Crippen LogP contribution >= 0.6 is 35.0 Å². The van der Waals surface area contributed by atoms with Crippen LogP contribution in [0.25, 0.3) is 0 Å². The summed E-state index contributed by atoms with van der Waals surface area (Å²) in [6.45, 7) is 0.563. The van der Waals surface area contributed by atoms with Gasteiger partial charge in [-0.1, -0.05) is 41.4 Å². The van der Waals surface area contributed by atoms with Crippen molar-refractivity contribution in [3.8, 4) is 5.75 Å². The summed E-state index contributed by atoms with van der Waals surface area (Å²) in [4.78, 5) is 1.33. The van der Waals surface area contributed by atoms with Gasteiger partial charge in [0.25, 0.3) is 0 Å². The second kappa shape index (κ2) is 5.76. The van der Waals surface area contributed by atoms with Gasteiger partial charge in [0, 0.05) is 22.3 Å². The normalized spacial score (nSPS) is 17.0. The molecule has 1 aliphatic heterocycles. The lowest BCUT2D eigenvalue weighted by molar-refractivity contribution is 0.298. The van der Waals surface area contributed by atoms with E-state index in [9.17, 15) is 0 Å². The Bertz CT molecular complexity index is 625. The van der Waals surface area contributed by atoms with E-state index in [4.69, 9.17) is 33.7 Å². The average molecular weight is 326 g/mol. The second-order valence-electron chi connectivity index (χ2n) is 4.67. The molecular formula is C15H13Cl2NOS. The summed E-state index contributed by atoms with van der Waals surface area (Å²) >= 11 is 14.1. The molecule has 2 N–H and O–H groups in total. The zero-order valence-electron chi connectivity index (χ0n) is 10.6. The number of anilines is 1. The van der Waals surface area contributed by atoms with Crippen molar-refractivity contribution >= 4 is 40.7 Å². The molecule has 20 heavy (non-hydrogen) atoms. The predicted octanol–water partition coefficient (Wildman–Crippen LogP) is 4.84. The topological polar surface area (TPSA) is 35.2 Å². The van der Waals surface area contributed by atoms with E-state index in [2.05, 4.69) is 24.3 Å². The zero-order chi connectivity index (χ0) is 14.1. The third kappa shape index (κ3) is 2.71. The van der Waals surface area contributed by atoms with Gasteiger partial charge in [0.1, 0.15) is 0 Å². The molecule has 104 valence electrons. The van der Waals surface area contributed by atoms with Gasteiger partial charge in [-0.15, -0.1) is 11.8 Å². The minimum Gasteiger partial charge on any atom is -0.490 e. The molecule has 0 bridgehead atoms. The Morgan fingerprint density at radius 1 is 1.20 bits per heavy atom. The fourth-order valence-electron chi connectivity index (χ4n) is 2.27. The number of nitrogens with two attached hydrogens (primary N) is 1. The molecule has 0 saturated heterocycles. The van der Waals surface area contributed by atoms with E-state index in [1.54, 1.807) is 12.1 Å². The Kier molecular flexibility index (Phi) is 4.01. The fraction of sp³-hybridized carbons (Fsp3) is 0.200. The lowest BCUT2D eigenvalue weighted by Gasteiger charge is -2.15. The predicted molar refractivity (Wildman–Crippen MR) is 86.3 cm³/mol. The summed E-state index contributed by atoms with van der Waals surface area (Å²) in [5, 5.41) is 0.905. The van der Waals surface area contributed by atoms with Gasteiger partial charge in [-0.2, -0.15) is 0 Å². The van der Waals surface area contributed by atoms with Crippen molar-refractivity contribution in [2.75, 3.05) is 18.1 Å². The highest BCUT2D eigenvalue weighted by molar-refractivity contribution is 7.99. The van der Waals surface area contributed by atoms with E-state index in [1.807, 2.05) is 11.8 Å². The summed E-state index contributed by atoms with van der Waals surface area (Å²) in [5.74, 6) is 1.89. The quantitative estimate of drug-likeness (QED) is 0.820. The number of rotatable bonds is 3. The highest BCUT2D eigenvalue weighted by Gasteiger charge is 2.23. The van der Waals surface area contributed by atoms with Gasteiger partial charge in [-0.05, 0) is 23.8 Å². The van der Waals surface area contributed by atoms with Crippen molar-refractivity contribution in [1.29, 1.82) is 0 Å². The molecule has 2 nitrogen and oxygen atoms in total. The first-order chi connectivity index (χ1) is 9.65. The lowest BCUT2D eigenvalue weighted by Crippen LogP contribution is -2.10. The van der Waals surface area contributed by atoms with Gasteiger partial charge >= 0.3 is 0 Å². The maximum atomic E-state index is 6.13. The molecule has 0 amide bonds. The van der Waals surface area contributed by atoms with Crippen LogP contribution in [-0.4, -0.2) is 12.4 Å².